The molecule has 0 fully saturated rings. The Morgan fingerprint density at radius 2 is 1.06 bits per heavy atom. The van der Waals surface area contributed by atoms with E-state index in [1.807, 2.05) is 0 Å². The third-order valence-corrected chi connectivity index (χ3v) is 9.15. The number of unbranched alkanes of at least 4 members (excludes halogenated alkanes) is 18. The summed E-state index contributed by atoms with van der Waals surface area (Å²) < 4.78 is 32.5. The van der Waals surface area contributed by atoms with Crippen molar-refractivity contribution in [2.45, 2.75) is 180 Å². The number of ether oxygens (including phenoxy) is 2. The Morgan fingerprint density at radius 1 is 0.620 bits per heavy atom. The van der Waals surface area contributed by atoms with Crippen LogP contribution in [0.2, 0.25) is 0 Å². The maximum Gasteiger partial charge on any atom is 0.472 e. The number of phosphoric ester groups is 1. The van der Waals surface area contributed by atoms with Crippen molar-refractivity contribution in [3.63, 3.8) is 0 Å². The molecule has 0 aromatic carbocycles. The quantitative estimate of drug-likeness (QED) is 0.0242. The van der Waals surface area contributed by atoms with Gasteiger partial charge in [0.15, 0.2) is 6.10 Å². The second-order valence-electron chi connectivity index (χ2n) is 13.1. The summed E-state index contributed by atoms with van der Waals surface area (Å²) in [5, 5.41) is 8.85. The van der Waals surface area contributed by atoms with Crippen molar-refractivity contribution in [2.75, 3.05) is 19.8 Å². The summed E-state index contributed by atoms with van der Waals surface area (Å²) in [4.78, 5) is 45.7. The van der Waals surface area contributed by atoms with Gasteiger partial charge in [0.05, 0.1) is 13.2 Å². The van der Waals surface area contributed by atoms with Gasteiger partial charge in [0.1, 0.15) is 12.6 Å². The van der Waals surface area contributed by atoms with E-state index in [1.165, 1.54) is 77.0 Å². The molecule has 1 unspecified atom stereocenters. The first-order valence-corrected chi connectivity index (χ1v) is 20.9. The van der Waals surface area contributed by atoms with Gasteiger partial charge in [0, 0.05) is 12.8 Å². The van der Waals surface area contributed by atoms with Gasteiger partial charge in [0.25, 0.3) is 0 Å². The Labute approximate surface area is 302 Å². The average Bonchev–Trinajstić information content (AvgIpc) is 3.09. The summed E-state index contributed by atoms with van der Waals surface area (Å²) in [6.45, 7) is 2.73. The number of esters is 2. The monoisotopic (exact) mass is 731 g/mol. The van der Waals surface area contributed by atoms with E-state index in [4.69, 9.17) is 24.8 Å². The highest BCUT2D eigenvalue weighted by Crippen LogP contribution is 2.43. The first kappa shape index (κ1) is 48.0. The molecule has 4 N–H and O–H groups in total. The van der Waals surface area contributed by atoms with Crippen molar-refractivity contribution in [2.24, 2.45) is 5.73 Å². The van der Waals surface area contributed by atoms with E-state index in [2.05, 4.69) is 42.7 Å². The van der Waals surface area contributed by atoms with Crippen LogP contribution in [-0.2, 0) is 37.5 Å². The Kier molecular flexibility index (Phi) is 32.7. The lowest BCUT2D eigenvalue weighted by Gasteiger charge is -2.20. The fraction of sp³-hybridized carbons (Fsp3) is 0.816. The van der Waals surface area contributed by atoms with Gasteiger partial charge < -0.3 is 25.2 Å². The summed E-state index contributed by atoms with van der Waals surface area (Å²) >= 11 is 0. The van der Waals surface area contributed by atoms with Gasteiger partial charge in [-0.05, 0) is 44.9 Å². The number of hydrogen-bond donors (Lipinski definition) is 3. The van der Waals surface area contributed by atoms with Crippen molar-refractivity contribution in [1.29, 1.82) is 0 Å². The third-order valence-electron chi connectivity index (χ3n) is 8.20. The highest BCUT2D eigenvalue weighted by molar-refractivity contribution is 7.47. The molecule has 0 aromatic heterocycles. The molecule has 0 aliphatic rings. The predicted molar refractivity (Wildman–Crippen MR) is 199 cm³/mol. The van der Waals surface area contributed by atoms with Gasteiger partial charge in [0.2, 0.25) is 0 Å². The van der Waals surface area contributed by atoms with Crippen LogP contribution in [0, 0.1) is 0 Å². The number of phosphoric acid groups is 1. The maximum absolute atomic E-state index is 12.5. The zero-order valence-electron chi connectivity index (χ0n) is 31.2. The molecule has 0 aromatic rings. The second kappa shape index (κ2) is 34.1. The van der Waals surface area contributed by atoms with Gasteiger partial charge in [-0.1, -0.05) is 134 Å². The first-order chi connectivity index (χ1) is 24.1. The van der Waals surface area contributed by atoms with Gasteiger partial charge in [-0.15, -0.1) is 0 Å². The molecule has 50 heavy (non-hydrogen) atoms. The number of carboxylic acid groups (broad SMARTS) is 1. The smallest absolute Gasteiger partial charge is 0.472 e. The minimum atomic E-state index is -4.70. The Balaban J connectivity index is 4.36. The summed E-state index contributed by atoms with van der Waals surface area (Å²) in [6.07, 6.45) is 32.5. The van der Waals surface area contributed by atoms with E-state index in [-0.39, 0.29) is 19.4 Å². The number of hydrogen-bond acceptors (Lipinski definition) is 9. The molecule has 12 heteroatoms. The van der Waals surface area contributed by atoms with Crippen LogP contribution < -0.4 is 5.73 Å². The van der Waals surface area contributed by atoms with Gasteiger partial charge in [-0.3, -0.25) is 23.4 Å². The molecule has 3 atom stereocenters. The van der Waals surface area contributed by atoms with Gasteiger partial charge in [-0.25, -0.2) is 4.57 Å². The number of carboxylic acids is 1. The zero-order chi connectivity index (χ0) is 37.1. The summed E-state index contributed by atoms with van der Waals surface area (Å²) in [5.41, 5.74) is 5.31. The van der Waals surface area contributed by atoms with Crippen LogP contribution >= 0.6 is 7.82 Å². The minimum absolute atomic E-state index is 0.161. The van der Waals surface area contributed by atoms with E-state index in [0.29, 0.717) is 12.8 Å². The van der Waals surface area contributed by atoms with Gasteiger partial charge >= 0.3 is 25.7 Å². The van der Waals surface area contributed by atoms with Crippen LogP contribution in [0.15, 0.2) is 24.3 Å². The van der Waals surface area contributed by atoms with Crippen LogP contribution in [0.3, 0.4) is 0 Å². The van der Waals surface area contributed by atoms with E-state index >= 15 is 0 Å². The van der Waals surface area contributed by atoms with Crippen LogP contribution in [0.4, 0.5) is 0 Å². The van der Waals surface area contributed by atoms with Crippen molar-refractivity contribution >= 4 is 25.7 Å². The molecule has 0 aliphatic heterocycles. The molecular weight excluding hydrogens is 661 g/mol. The van der Waals surface area contributed by atoms with E-state index in [1.54, 1.807) is 0 Å². The summed E-state index contributed by atoms with van der Waals surface area (Å²) in [6, 6.07) is -1.52. The zero-order valence-corrected chi connectivity index (χ0v) is 32.1. The number of carbonyl (C=O) groups is 3. The molecule has 0 aliphatic carbocycles. The largest absolute Gasteiger partial charge is 0.480 e. The highest BCUT2D eigenvalue weighted by atomic mass is 31.2. The third kappa shape index (κ3) is 33.1. The van der Waals surface area contributed by atoms with Gasteiger partial charge in [-0.2, -0.15) is 0 Å². The highest BCUT2D eigenvalue weighted by Gasteiger charge is 2.28. The lowest BCUT2D eigenvalue weighted by Crippen LogP contribution is -2.34. The Morgan fingerprint density at radius 3 is 1.60 bits per heavy atom. The molecule has 292 valence electrons. The number of nitrogens with two attached hydrogens (primary N) is 1. The average molecular weight is 732 g/mol. The fourth-order valence-electron chi connectivity index (χ4n) is 5.09. The van der Waals surface area contributed by atoms with Crippen molar-refractivity contribution in [3.05, 3.63) is 24.3 Å². The molecule has 11 nitrogen and oxygen atoms in total. The number of rotatable bonds is 36. The molecule has 0 spiro atoms. The Hall–Kier alpha value is -2.04. The Bertz CT molecular complexity index is 958. The molecule has 0 saturated heterocycles. The van der Waals surface area contributed by atoms with E-state index in [9.17, 15) is 23.8 Å². The second-order valence-corrected chi connectivity index (χ2v) is 14.5. The standard InChI is InChI=1S/C38H70NO10P/c1-3-5-7-9-11-13-14-15-16-17-18-19-20-22-23-25-27-29-36(40)46-31-34(32-47-50(44,45)48-33-35(39)38(42)43)49-37(41)30-28-26-24-21-12-10-8-6-4-2/h11,13,15-16,34-35H,3-10,12,14,17-33,39H2,1-2H3,(H,42,43)(H,44,45)/b13-11+,16-15+/t34-,35+/m0/s1. The van der Waals surface area contributed by atoms with Crippen molar-refractivity contribution in [1.82, 2.24) is 0 Å². The fourth-order valence-corrected chi connectivity index (χ4v) is 5.87. The molecule has 0 heterocycles. The number of aliphatic carboxylic acids is 1. The summed E-state index contributed by atoms with van der Waals surface area (Å²) in [5.74, 6) is -2.39. The molecule has 0 rings (SSSR count). The summed E-state index contributed by atoms with van der Waals surface area (Å²) in [7, 11) is -4.70. The maximum atomic E-state index is 12.5. The SMILES string of the molecule is CCCCC/C=C/C/C=C/CCCCCCCCCC(=O)OC[C@@H](COP(=O)(O)OC[C@@H](N)C(=O)O)OC(=O)CCCCCCCCCCC. The predicted octanol–water partition coefficient (Wildman–Crippen LogP) is 9.50. The molecular formula is C38H70NO10P. The normalized spacial score (nSPS) is 14.2. The van der Waals surface area contributed by atoms with Crippen LogP contribution in [-0.4, -0.2) is 59.9 Å². The molecule has 0 bridgehead atoms. The molecule has 0 saturated carbocycles. The van der Waals surface area contributed by atoms with E-state index in [0.717, 1.165) is 51.4 Å². The van der Waals surface area contributed by atoms with Crippen molar-refractivity contribution < 1.29 is 47.5 Å². The topological polar surface area (TPSA) is 172 Å². The van der Waals surface area contributed by atoms with Crippen LogP contribution in [0.25, 0.3) is 0 Å². The number of carbonyl (C=O) groups excluding carboxylic acids is 2. The van der Waals surface area contributed by atoms with Crippen LogP contribution in [0.1, 0.15) is 168 Å². The lowest BCUT2D eigenvalue weighted by atomic mass is 10.1. The molecule has 0 radical (unpaired) electrons. The van der Waals surface area contributed by atoms with Crippen LogP contribution in [0.5, 0.6) is 0 Å². The van der Waals surface area contributed by atoms with Crippen molar-refractivity contribution in [3.8, 4) is 0 Å². The minimum Gasteiger partial charge on any atom is -0.480 e. The first-order valence-electron chi connectivity index (χ1n) is 19.4. The molecule has 0 amide bonds. The lowest BCUT2D eigenvalue weighted by molar-refractivity contribution is -0.161. The number of allylic oxidation sites excluding steroid dienone is 4. The van der Waals surface area contributed by atoms with E-state index < -0.39 is 51.1 Å².